The van der Waals surface area contributed by atoms with Gasteiger partial charge in [0.15, 0.2) is 0 Å². The number of rotatable bonds is 1. The van der Waals surface area contributed by atoms with Crippen LogP contribution < -0.4 is 5.73 Å². The minimum atomic E-state index is 0.158. The van der Waals surface area contributed by atoms with Gasteiger partial charge in [-0.2, -0.15) is 0 Å². The molecule has 2 aliphatic rings. The summed E-state index contributed by atoms with van der Waals surface area (Å²) in [5.74, 6) is 0.835. The van der Waals surface area contributed by atoms with Gasteiger partial charge >= 0.3 is 0 Å². The minimum Gasteiger partial charge on any atom is -0.325 e. The average Bonchev–Trinajstić information content (AvgIpc) is 2.53. The van der Waals surface area contributed by atoms with Gasteiger partial charge in [0.25, 0.3) is 0 Å². The maximum absolute atomic E-state index is 6.62. The minimum absolute atomic E-state index is 0.158. The van der Waals surface area contributed by atoms with Crippen LogP contribution >= 0.6 is 0 Å². The van der Waals surface area contributed by atoms with E-state index in [1.54, 1.807) is 0 Å². The standard InChI is InChI=1S/C13H25N/c1-11(2)7-12(3,4)9-13(14,8-11)10-5-6-10/h10H,5-9,14H2,1-4H3. The molecular weight excluding hydrogens is 170 g/mol. The van der Waals surface area contributed by atoms with Crippen LogP contribution in [0, 0.1) is 16.7 Å². The molecule has 0 spiro atoms. The molecule has 0 unspecified atom stereocenters. The van der Waals surface area contributed by atoms with Gasteiger partial charge in [-0.1, -0.05) is 27.7 Å². The van der Waals surface area contributed by atoms with Crippen molar-refractivity contribution in [3.05, 3.63) is 0 Å². The summed E-state index contributed by atoms with van der Waals surface area (Å²) >= 11 is 0. The zero-order chi connectivity index (χ0) is 10.6. The van der Waals surface area contributed by atoms with Gasteiger partial charge in [-0.3, -0.25) is 0 Å². The second-order valence-electron chi connectivity index (χ2n) is 7.37. The smallest absolute Gasteiger partial charge is 0.0193 e. The Morgan fingerprint density at radius 3 is 1.64 bits per heavy atom. The van der Waals surface area contributed by atoms with Gasteiger partial charge in [-0.05, 0) is 48.9 Å². The molecule has 2 N–H and O–H groups in total. The monoisotopic (exact) mass is 195 g/mol. The first-order valence-corrected chi connectivity index (χ1v) is 6.02. The quantitative estimate of drug-likeness (QED) is 0.682. The Kier molecular flexibility index (Phi) is 2.06. The molecule has 0 heterocycles. The van der Waals surface area contributed by atoms with Gasteiger partial charge in [0.2, 0.25) is 0 Å². The molecule has 2 rings (SSSR count). The molecule has 2 saturated carbocycles. The van der Waals surface area contributed by atoms with E-state index in [0.717, 1.165) is 5.92 Å². The van der Waals surface area contributed by atoms with Crippen LogP contribution in [0.4, 0.5) is 0 Å². The van der Waals surface area contributed by atoms with E-state index in [1.807, 2.05) is 0 Å². The fourth-order valence-corrected chi connectivity index (χ4v) is 4.21. The van der Waals surface area contributed by atoms with Crippen molar-refractivity contribution in [2.45, 2.75) is 65.3 Å². The zero-order valence-electron chi connectivity index (χ0n) is 10.2. The maximum Gasteiger partial charge on any atom is 0.0193 e. The van der Waals surface area contributed by atoms with E-state index >= 15 is 0 Å². The summed E-state index contributed by atoms with van der Waals surface area (Å²) in [5.41, 5.74) is 7.66. The van der Waals surface area contributed by atoms with Crippen molar-refractivity contribution in [1.82, 2.24) is 0 Å². The number of hydrogen-bond donors (Lipinski definition) is 1. The fraction of sp³-hybridized carbons (Fsp3) is 1.00. The normalized spacial score (nSPS) is 34.1. The molecule has 0 radical (unpaired) electrons. The van der Waals surface area contributed by atoms with Gasteiger partial charge < -0.3 is 5.73 Å². The highest BCUT2D eigenvalue weighted by Gasteiger charge is 2.51. The first-order chi connectivity index (χ1) is 6.23. The Labute approximate surface area is 88.4 Å². The molecule has 82 valence electrons. The number of nitrogens with two attached hydrogens (primary N) is 1. The largest absolute Gasteiger partial charge is 0.325 e. The lowest BCUT2D eigenvalue weighted by Gasteiger charge is -2.51. The van der Waals surface area contributed by atoms with Gasteiger partial charge in [0.05, 0.1) is 0 Å². The highest BCUT2D eigenvalue weighted by Crippen LogP contribution is 2.56. The summed E-state index contributed by atoms with van der Waals surface area (Å²) in [6.07, 6.45) is 6.54. The van der Waals surface area contributed by atoms with Crippen LogP contribution in [0.1, 0.15) is 59.8 Å². The predicted molar refractivity (Wildman–Crippen MR) is 61.1 cm³/mol. The van der Waals surface area contributed by atoms with Gasteiger partial charge in [0, 0.05) is 5.54 Å². The topological polar surface area (TPSA) is 26.0 Å². The molecule has 0 aromatic rings. The Balaban J connectivity index is 2.19. The molecule has 0 amide bonds. The van der Waals surface area contributed by atoms with E-state index < -0.39 is 0 Å². The van der Waals surface area contributed by atoms with Crippen LogP contribution in [0.3, 0.4) is 0 Å². The molecule has 2 aliphatic carbocycles. The molecule has 0 aromatic heterocycles. The molecule has 2 fully saturated rings. The van der Waals surface area contributed by atoms with Crippen LogP contribution in [0.15, 0.2) is 0 Å². The van der Waals surface area contributed by atoms with Crippen molar-refractivity contribution in [1.29, 1.82) is 0 Å². The summed E-state index contributed by atoms with van der Waals surface area (Å²) in [5, 5.41) is 0. The summed E-state index contributed by atoms with van der Waals surface area (Å²) in [4.78, 5) is 0. The summed E-state index contributed by atoms with van der Waals surface area (Å²) in [6.45, 7) is 9.55. The lowest BCUT2D eigenvalue weighted by molar-refractivity contribution is 0.0377. The lowest BCUT2D eigenvalue weighted by Crippen LogP contribution is -2.53. The third-order valence-corrected chi connectivity index (χ3v) is 3.96. The molecule has 1 heteroatoms. The Hall–Kier alpha value is -0.0400. The first-order valence-electron chi connectivity index (χ1n) is 6.02. The summed E-state index contributed by atoms with van der Waals surface area (Å²) < 4.78 is 0. The van der Waals surface area contributed by atoms with E-state index in [4.69, 9.17) is 5.73 Å². The van der Waals surface area contributed by atoms with Crippen molar-refractivity contribution in [3.63, 3.8) is 0 Å². The second-order valence-corrected chi connectivity index (χ2v) is 7.37. The van der Waals surface area contributed by atoms with Crippen molar-refractivity contribution in [2.24, 2.45) is 22.5 Å². The van der Waals surface area contributed by atoms with Crippen LogP contribution in [0.25, 0.3) is 0 Å². The predicted octanol–water partition coefficient (Wildman–Crippen LogP) is 3.33. The van der Waals surface area contributed by atoms with Gasteiger partial charge in [0.1, 0.15) is 0 Å². The number of hydrogen-bond acceptors (Lipinski definition) is 1. The van der Waals surface area contributed by atoms with Crippen LogP contribution in [-0.2, 0) is 0 Å². The zero-order valence-corrected chi connectivity index (χ0v) is 10.2. The van der Waals surface area contributed by atoms with Crippen molar-refractivity contribution < 1.29 is 0 Å². The Morgan fingerprint density at radius 2 is 1.29 bits per heavy atom. The van der Waals surface area contributed by atoms with Crippen molar-refractivity contribution in [2.75, 3.05) is 0 Å². The molecule has 0 atom stereocenters. The molecule has 1 nitrogen and oxygen atoms in total. The van der Waals surface area contributed by atoms with E-state index in [2.05, 4.69) is 27.7 Å². The van der Waals surface area contributed by atoms with Crippen LogP contribution in [-0.4, -0.2) is 5.54 Å². The van der Waals surface area contributed by atoms with E-state index in [9.17, 15) is 0 Å². The SMILES string of the molecule is CC1(C)CC(C)(C)CC(N)(C2CC2)C1. The fourth-order valence-electron chi connectivity index (χ4n) is 4.21. The van der Waals surface area contributed by atoms with E-state index in [-0.39, 0.29) is 5.54 Å². The molecule has 0 aliphatic heterocycles. The third-order valence-electron chi connectivity index (χ3n) is 3.96. The highest BCUT2D eigenvalue weighted by molar-refractivity contribution is 5.07. The highest BCUT2D eigenvalue weighted by atomic mass is 14.8. The second kappa shape index (κ2) is 2.75. The van der Waals surface area contributed by atoms with Crippen LogP contribution in [0.2, 0.25) is 0 Å². The molecule has 0 saturated heterocycles. The molecule has 14 heavy (non-hydrogen) atoms. The van der Waals surface area contributed by atoms with E-state index in [1.165, 1.54) is 32.1 Å². The Morgan fingerprint density at radius 1 is 0.857 bits per heavy atom. The van der Waals surface area contributed by atoms with Crippen molar-refractivity contribution >= 4 is 0 Å². The summed E-state index contributed by atoms with van der Waals surface area (Å²) in [6, 6.07) is 0. The van der Waals surface area contributed by atoms with Crippen molar-refractivity contribution in [3.8, 4) is 0 Å². The summed E-state index contributed by atoms with van der Waals surface area (Å²) in [7, 11) is 0. The average molecular weight is 195 g/mol. The van der Waals surface area contributed by atoms with E-state index in [0.29, 0.717) is 10.8 Å². The maximum atomic E-state index is 6.62. The third kappa shape index (κ3) is 1.98. The lowest BCUT2D eigenvalue weighted by atomic mass is 9.57. The molecule has 0 bridgehead atoms. The molecular formula is C13H25N. The first kappa shape index (κ1) is 10.5. The van der Waals surface area contributed by atoms with Gasteiger partial charge in [-0.25, -0.2) is 0 Å². The molecule has 0 aromatic carbocycles. The van der Waals surface area contributed by atoms with Gasteiger partial charge in [-0.15, -0.1) is 0 Å². The Bertz CT molecular complexity index is 220. The van der Waals surface area contributed by atoms with Crippen LogP contribution in [0.5, 0.6) is 0 Å².